The molecule has 0 saturated carbocycles. The number of benzene rings is 2. The zero-order valence-electron chi connectivity index (χ0n) is 15.1. The lowest BCUT2D eigenvalue weighted by Crippen LogP contribution is -2.41. The van der Waals surface area contributed by atoms with E-state index in [1.807, 2.05) is 7.05 Å². The maximum atomic E-state index is 5.28. The maximum absolute atomic E-state index is 5.28. The zero-order valence-corrected chi connectivity index (χ0v) is 17.4. The molecule has 1 heterocycles. The summed E-state index contributed by atoms with van der Waals surface area (Å²) in [6, 6.07) is 15.1. The molecule has 0 radical (unpaired) electrons. The molecule has 25 heavy (non-hydrogen) atoms. The van der Waals surface area contributed by atoms with E-state index in [-0.39, 0.29) is 24.0 Å². The molecule has 4 nitrogen and oxygen atoms in total. The SMILES string of the molecule is CN=C(NCCc1cccc2ccccc12)N1CCC(COC)C1.I. The van der Waals surface area contributed by atoms with Crippen molar-refractivity contribution in [2.45, 2.75) is 12.8 Å². The number of hydrogen-bond donors (Lipinski definition) is 1. The molecule has 1 unspecified atom stereocenters. The summed E-state index contributed by atoms with van der Waals surface area (Å²) in [5, 5.41) is 6.17. The van der Waals surface area contributed by atoms with Crippen LogP contribution in [-0.4, -0.2) is 51.3 Å². The lowest BCUT2D eigenvalue weighted by molar-refractivity contribution is 0.157. The molecule has 2 aromatic rings. The summed E-state index contributed by atoms with van der Waals surface area (Å²) in [6.07, 6.45) is 2.17. The Morgan fingerprint density at radius 1 is 1.24 bits per heavy atom. The largest absolute Gasteiger partial charge is 0.384 e. The van der Waals surface area contributed by atoms with E-state index in [9.17, 15) is 0 Å². The normalized spacial score (nSPS) is 17.6. The number of aliphatic imine (C=N–C) groups is 1. The molecule has 0 aliphatic carbocycles. The van der Waals surface area contributed by atoms with Crippen LogP contribution in [0.25, 0.3) is 10.8 Å². The third-order valence-electron chi connectivity index (χ3n) is 4.76. The number of halogens is 1. The highest BCUT2D eigenvalue weighted by Crippen LogP contribution is 2.19. The number of nitrogens with one attached hydrogen (secondary N) is 1. The van der Waals surface area contributed by atoms with Gasteiger partial charge in [0.15, 0.2) is 5.96 Å². The topological polar surface area (TPSA) is 36.9 Å². The molecule has 1 saturated heterocycles. The number of hydrogen-bond acceptors (Lipinski definition) is 2. The summed E-state index contributed by atoms with van der Waals surface area (Å²) in [5.74, 6) is 1.63. The first-order valence-electron chi connectivity index (χ1n) is 8.73. The third-order valence-corrected chi connectivity index (χ3v) is 4.76. The van der Waals surface area contributed by atoms with E-state index in [1.54, 1.807) is 7.11 Å². The first-order valence-corrected chi connectivity index (χ1v) is 8.73. The van der Waals surface area contributed by atoms with E-state index in [2.05, 4.69) is 57.7 Å². The van der Waals surface area contributed by atoms with E-state index in [0.717, 1.165) is 38.6 Å². The fourth-order valence-electron chi connectivity index (χ4n) is 3.55. The van der Waals surface area contributed by atoms with Crippen LogP contribution in [0.4, 0.5) is 0 Å². The molecule has 0 spiro atoms. The van der Waals surface area contributed by atoms with Gasteiger partial charge in [-0.1, -0.05) is 42.5 Å². The van der Waals surface area contributed by atoms with Crippen LogP contribution in [0.15, 0.2) is 47.5 Å². The average Bonchev–Trinajstić information content (AvgIpc) is 3.07. The number of fused-ring (bicyclic) bond motifs is 1. The summed E-state index contributed by atoms with van der Waals surface area (Å²) < 4.78 is 5.28. The summed E-state index contributed by atoms with van der Waals surface area (Å²) in [7, 11) is 3.64. The van der Waals surface area contributed by atoms with Crippen LogP contribution < -0.4 is 5.32 Å². The Morgan fingerprint density at radius 2 is 2.04 bits per heavy atom. The van der Waals surface area contributed by atoms with Crippen molar-refractivity contribution in [2.75, 3.05) is 40.4 Å². The van der Waals surface area contributed by atoms with Crippen LogP contribution in [0.5, 0.6) is 0 Å². The van der Waals surface area contributed by atoms with Crippen molar-refractivity contribution in [1.82, 2.24) is 10.2 Å². The average molecular weight is 453 g/mol. The van der Waals surface area contributed by atoms with Gasteiger partial charge in [0.05, 0.1) is 6.61 Å². The van der Waals surface area contributed by atoms with Crippen LogP contribution in [-0.2, 0) is 11.2 Å². The van der Waals surface area contributed by atoms with Crippen LogP contribution in [0.3, 0.4) is 0 Å². The predicted molar refractivity (Wildman–Crippen MR) is 116 cm³/mol. The Bertz CT molecular complexity index is 699. The number of nitrogens with zero attached hydrogens (tertiary/aromatic N) is 2. The Kier molecular flexibility index (Phi) is 7.96. The highest BCUT2D eigenvalue weighted by Gasteiger charge is 2.24. The molecule has 1 aliphatic heterocycles. The second-order valence-corrected chi connectivity index (χ2v) is 6.42. The van der Waals surface area contributed by atoms with Crippen molar-refractivity contribution in [1.29, 1.82) is 0 Å². The third kappa shape index (κ3) is 5.07. The smallest absolute Gasteiger partial charge is 0.193 e. The Labute approximate surface area is 167 Å². The van der Waals surface area contributed by atoms with E-state index in [4.69, 9.17) is 4.74 Å². The lowest BCUT2D eigenvalue weighted by atomic mass is 10.0. The summed E-state index contributed by atoms with van der Waals surface area (Å²) in [5.41, 5.74) is 1.38. The number of guanidine groups is 1. The van der Waals surface area contributed by atoms with Gasteiger partial charge >= 0.3 is 0 Å². The van der Waals surface area contributed by atoms with Gasteiger partial charge in [0.1, 0.15) is 0 Å². The molecule has 5 heteroatoms. The lowest BCUT2D eigenvalue weighted by Gasteiger charge is -2.21. The molecule has 0 amide bonds. The number of methoxy groups -OCH3 is 1. The van der Waals surface area contributed by atoms with Crippen molar-refractivity contribution >= 4 is 40.7 Å². The van der Waals surface area contributed by atoms with E-state index < -0.39 is 0 Å². The van der Waals surface area contributed by atoms with Gasteiger partial charge in [0.25, 0.3) is 0 Å². The second-order valence-electron chi connectivity index (χ2n) is 6.42. The zero-order chi connectivity index (χ0) is 16.8. The van der Waals surface area contributed by atoms with Crippen molar-refractivity contribution in [3.8, 4) is 0 Å². The molecule has 2 aromatic carbocycles. The minimum absolute atomic E-state index is 0. The number of ether oxygens (including phenoxy) is 1. The summed E-state index contributed by atoms with van der Waals surface area (Å²) >= 11 is 0. The van der Waals surface area contributed by atoms with E-state index in [1.165, 1.54) is 22.8 Å². The molecule has 1 atom stereocenters. The summed E-state index contributed by atoms with van der Waals surface area (Å²) in [6.45, 7) is 3.82. The second kappa shape index (κ2) is 9.97. The molecular weight excluding hydrogens is 425 g/mol. The van der Waals surface area contributed by atoms with Gasteiger partial charge in [-0.15, -0.1) is 24.0 Å². The van der Waals surface area contributed by atoms with Gasteiger partial charge in [-0.25, -0.2) is 0 Å². The highest BCUT2D eigenvalue weighted by molar-refractivity contribution is 14.0. The molecule has 136 valence electrons. The first kappa shape index (κ1) is 20.0. The van der Waals surface area contributed by atoms with Gasteiger partial charge in [-0.05, 0) is 29.2 Å². The molecule has 1 fully saturated rings. The van der Waals surface area contributed by atoms with Crippen molar-refractivity contribution in [2.24, 2.45) is 10.9 Å². The summed E-state index contributed by atoms with van der Waals surface area (Å²) in [4.78, 5) is 6.79. The van der Waals surface area contributed by atoms with Gasteiger partial charge in [-0.3, -0.25) is 4.99 Å². The minimum Gasteiger partial charge on any atom is -0.384 e. The van der Waals surface area contributed by atoms with Gasteiger partial charge in [0, 0.05) is 39.7 Å². The van der Waals surface area contributed by atoms with Crippen LogP contribution in [0, 0.1) is 5.92 Å². The van der Waals surface area contributed by atoms with E-state index >= 15 is 0 Å². The van der Waals surface area contributed by atoms with Crippen molar-refractivity contribution < 1.29 is 4.74 Å². The Hall–Kier alpha value is -1.34. The van der Waals surface area contributed by atoms with Gasteiger partial charge < -0.3 is 15.0 Å². The van der Waals surface area contributed by atoms with Crippen LogP contribution >= 0.6 is 24.0 Å². The molecule has 1 N–H and O–H groups in total. The number of rotatable bonds is 5. The number of likely N-dealkylation sites (tertiary alicyclic amines) is 1. The van der Waals surface area contributed by atoms with Crippen molar-refractivity contribution in [3.63, 3.8) is 0 Å². The van der Waals surface area contributed by atoms with Crippen LogP contribution in [0.2, 0.25) is 0 Å². The monoisotopic (exact) mass is 453 g/mol. The molecule has 3 rings (SSSR count). The Balaban J connectivity index is 0.00000225. The van der Waals surface area contributed by atoms with Gasteiger partial charge in [0.2, 0.25) is 0 Å². The molecule has 0 aromatic heterocycles. The Morgan fingerprint density at radius 3 is 2.84 bits per heavy atom. The fourth-order valence-corrected chi connectivity index (χ4v) is 3.55. The highest BCUT2D eigenvalue weighted by atomic mass is 127. The predicted octanol–water partition coefficient (Wildman–Crippen LogP) is 3.54. The molecule has 1 aliphatic rings. The quantitative estimate of drug-likeness (QED) is 0.428. The molecule has 0 bridgehead atoms. The fraction of sp³-hybridized carbons (Fsp3) is 0.450. The van der Waals surface area contributed by atoms with Crippen molar-refractivity contribution in [3.05, 3.63) is 48.0 Å². The minimum atomic E-state index is 0. The van der Waals surface area contributed by atoms with Gasteiger partial charge in [-0.2, -0.15) is 0 Å². The first-order chi connectivity index (χ1) is 11.8. The van der Waals surface area contributed by atoms with Crippen LogP contribution in [0.1, 0.15) is 12.0 Å². The maximum Gasteiger partial charge on any atom is 0.193 e. The molecular formula is C20H28IN3O. The standard InChI is InChI=1S/C20H27N3O.HI/c1-21-20(23-13-11-16(14-23)15-24-2)22-12-10-18-8-5-7-17-6-3-4-9-19(17)18;/h3-9,16H,10-15H2,1-2H3,(H,21,22);1H. The van der Waals surface area contributed by atoms with E-state index in [0.29, 0.717) is 5.92 Å².